The molecule has 29 heavy (non-hydrogen) atoms. The molecule has 0 saturated heterocycles. The van der Waals surface area contributed by atoms with Crippen LogP contribution in [0.4, 0.5) is 0 Å². The van der Waals surface area contributed by atoms with Crippen LogP contribution in [0.2, 0.25) is 0 Å². The van der Waals surface area contributed by atoms with E-state index in [-0.39, 0.29) is 0 Å². The first-order chi connectivity index (χ1) is 14.2. The first-order valence-corrected chi connectivity index (χ1v) is 10.4. The zero-order valence-electron chi connectivity index (χ0n) is 15.7. The zero-order chi connectivity index (χ0) is 19.5. The lowest BCUT2D eigenvalue weighted by Gasteiger charge is -2.12. The van der Waals surface area contributed by atoms with Gasteiger partial charge >= 0.3 is 0 Å². The van der Waals surface area contributed by atoms with Crippen molar-refractivity contribution < 1.29 is 4.42 Å². The monoisotopic (exact) mass is 437 g/mol. The molecule has 0 fully saturated rings. The molecule has 138 valence electrons. The van der Waals surface area contributed by atoms with Crippen molar-refractivity contribution in [1.82, 2.24) is 4.98 Å². The molecule has 0 N–H and O–H groups in total. The lowest BCUT2D eigenvalue weighted by molar-refractivity contribution is 0.673. The quantitative estimate of drug-likeness (QED) is 0.243. The van der Waals surface area contributed by atoms with Gasteiger partial charge in [0.25, 0.3) is 0 Å². The van der Waals surface area contributed by atoms with E-state index in [9.17, 15) is 0 Å². The molecule has 0 amide bonds. The maximum Gasteiger partial charge on any atom is 0.144 e. The van der Waals surface area contributed by atoms with Gasteiger partial charge in [-0.2, -0.15) is 0 Å². The van der Waals surface area contributed by atoms with Gasteiger partial charge in [0, 0.05) is 37.0 Å². The van der Waals surface area contributed by atoms with E-state index in [1.54, 1.807) is 0 Å². The number of hydrogen-bond acceptors (Lipinski definition) is 2. The Morgan fingerprint density at radius 2 is 1.48 bits per heavy atom. The van der Waals surface area contributed by atoms with Gasteiger partial charge < -0.3 is 4.42 Å². The molecule has 0 aliphatic carbocycles. The van der Waals surface area contributed by atoms with Crippen molar-refractivity contribution in [2.75, 3.05) is 0 Å². The summed E-state index contributed by atoms with van der Waals surface area (Å²) in [5, 5.41) is 5.71. The topological polar surface area (TPSA) is 26.0 Å². The highest BCUT2D eigenvalue weighted by molar-refractivity contribution is 9.10. The normalized spacial score (nSPS) is 11.8. The van der Waals surface area contributed by atoms with E-state index in [4.69, 9.17) is 9.40 Å². The van der Waals surface area contributed by atoms with Gasteiger partial charge in [-0.05, 0) is 42.8 Å². The smallest absolute Gasteiger partial charge is 0.144 e. The van der Waals surface area contributed by atoms with Gasteiger partial charge in [0.1, 0.15) is 11.2 Å². The number of aromatic nitrogens is 1. The second kappa shape index (κ2) is 6.16. The van der Waals surface area contributed by atoms with Crippen molar-refractivity contribution in [3.63, 3.8) is 0 Å². The summed E-state index contributed by atoms with van der Waals surface area (Å²) in [5.74, 6) is 0. The minimum Gasteiger partial charge on any atom is -0.455 e. The SMILES string of the molecule is Cc1cc2c(-c3ccc(Br)cc3)nc3ccccc3c2c2oc3ccccc3c12. The largest absolute Gasteiger partial charge is 0.455 e. The maximum absolute atomic E-state index is 6.43. The Labute approximate surface area is 175 Å². The number of hydrogen-bond donors (Lipinski definition) is 0. The summed E-state index contributed by atoms with van der Waals surface area (Å²) in [6.45, 7) is 2.16. The summed E-state index contributed by atoms with van der Waals surface area (Å²) in [6.07, 6.45) is 0. The number of benzene rings is 4. The van der Waals surface area contributed by atoms with Crippen LogP contribution in [0, 0.1) is 6.92 Å². The highest BCUT2D eigenvalue weighted by Crippen LogP contribution is 2.42. The van der Waals surface area contributed by atoms with Gasteiger partial charge in [-0.15, -0.1) is 0 Å². The second-order valence-electron chi connectivity index (χ2n) is 7.40. The van der Waals surface area contributed by atoms with Crippen LogP contribution in [0.1, 0.15) is 5.56 Å². The van der Waals surface area contributed by atoms with E-state index in [1.165, 1.54) is 10.9 Å². The molecule has 3 heteroatoms. The van der Waals surface area contributed by atoms with E-state index < -0.39 is 0 Å². The van der Waals surface area contributed by atoms with Crippen molar-refractivity contribution in [3.05, 3.63) is 88.9 Å². The second-order valence-corrected chi connectivity index (χ2v) is 8.32. The highest BCUT2D eigenvalue weighted by atomic mass is 79.9. The Kier molecular flexibility index (Phi) is 3.56. The van der Waals surface area contributed by atoms with E-state index in [0.29, 0.717) is 0 Å². The maximum atomic E-state index is 6.43. The first kappa shape index (κ1) is 16.8. The summed E-state index contributed by atoms with van der Waals surface area (Å²) in [4.78, 5) is 5.05. The van der Waals surface area contributed by atoms with Gasteiger partial charge in [0.15, 0.2) is 0 Å². The summed E-state index contributed by atoms with van der Waals surface area (Å²) >= 11 is 3.54. The zero-order valence-corrected chi connectivity index (χ0v) is 17.3. The molecular weight excluding hydrogens is 422 g/mol. The lowest BCUT2D eigenvalue weighted by Crippen LogP contribution is -1.91. The van der Waals surface area contributed by atoms with E-state index >= 15 is 0 Å². The summed E-state index contributed by atoms with van der Waals surface area (Å²) < 4.78 is 7.49. The molecule has 0 atom stereocenters. The molecule has 4 aromatic carbocycles. The average molecular weight is 438 g/mol. The molecule has 2 nitrogen and oxygen atoms in total. The van der Waals surface area contributed by atoms with Gasteiger partial charge in [0.2, 0.25) is 0 Å². The molecular formula is C26H16BrNO. The number of fused-ring (bicyclic) bond motifs is 7. The Balaban J connectivity index is 1.88. The average Bonchev–Trinajstić information content (AvgIpc) is 3.14. The minimum atomic E-state index is 0.921. The van der Waals surface area contributed by atoms with Crippen LogP contribution >= 0.6 is 15.9 Å². The van der Waals surface area contributed by atoms with Crippen molar-refractivity contribution in [3.8, 4) is 11.3 Å². The number of nitrogens with zero attached hydrogens (tertiary/aromatic N) is 1. The van der Waals surface area contributed by atoms with Crippen molar-refractivity contribution in [1.29, 1.82) is 0 Å². The minimum absolute atomic E-state index is 0.921. The van der Waals surface area contributed by atoms with E-state index in [2.05, 4.69) is 83.5 Å². The summed E-state index contributed by atoms with van der Waals surface area (Å²) in [5.41, 5.74) is 6.12. The molecule has 0 radical (unpaired) electrons. The van der Waals surface area contributed by atoms with Crippen LogP contribution < -0.4 is 0 Å². The molecule has 6 rings (SSSR count). The van der Waals surface area contributed by atoms with Gasteiger partial charge in [0.05, 0.1) is 11.2 Å². The molecule has 0 saturated carbocycles. The van der Waals surface area contributed by atoms with Gasteiger partial charge in [-0.25, -0.2) is 4.98 Å². The third-order valence-corrected chi connectivity index (χ3v) is 6.15. The number of aryl methyl sites for hydroxylation is 1. The fraction of sp³-hybridized carbons (Fsp3) is 0.0385. The number of rotatable bonds is 1. The molecule has 2 aromatic heterocycles. The first-order valence-electron chi connectivity index (χ1n) is 9.60. The molecule has 0 aliphatic rings. The molecule has 6 aromatic rings. The third kappa shape index (κ3) is 2.44. The number of furan rings is 1. The van der Waals surface area contributed by atoms with Crippen molar-refractivity contribution >= 4 is 59.5 Å². The van der Waals surface area contributed by atoms with E-state index in [0.717, 1.165) is 54.0 Å². The molecule has 0 spiro atoms. The van der Waals surface area contributed by atoms with Gasteiger partial charge in [-0.1, -0.05) is 64.5 Å². The molecule has 0 bridgehead atoms. The summed E-state index contributed by atoms with van der Waals surface area (Å²) in [6, 6.07) is 27.2. The van der Waals surface area contributed by atoms with Crippen molar-refractivity contribution in [2.24, 2.45) is 0 Å². The summed E-state index contributed by atoms with van der Waals surface area (Å²) in [7, 11) is 0. The van der Waals surface area contributed by atoms with Crippen LogP contribution in [0.3, 0.4) is 0 Å². The number of para-hydroxylation sites is 2. The number of pyridine rings is 1. The Hall–Kier alpha value is -3.17. The highest BCUT2D eigenvalue weighted by Gasteiger charge is 2.18. The van der Waals surface area contributed by atoms with Crippen molar-refractivity contribution in [2.45, 2.75) is 6.92 Å². The Morgan fingerprint density at radius 3 is 2.31 bits per heavy atom. The third-order valence-electron chi connectivity index (χ3n) is 5.63. The molecule has 2 heterocycles. The Morgan fingerprint density at radius 1 is 0.759 bits per heavy atom. The predicted molar refractivity (Wildman–Crippen MR) is 124 cm³/mol. The Bertz CT molecular complexity index is 1560. The van der Waals surface area contributed by atoms with Crippen LogP contribution in [0.5, 0.6) is 0 Å². The van der Waals surface area contributed by atoms with Crippen LogP contribution in [0.25, 0.3) is 54.9 Å². The standard InChI is InChI=1S/C26H16BrNO/c1-15-14-20-24(26-23(15)19-7-3-5-9-22(19)29-26)18-6-2-4-8-21(18)28-25(20)16-10-12-17(27)13-11-16/h2-14H,1H3. The number of halogens is 1. The van der Waals surface area contributed by atoms with Gasteiger partial charge in [-0.3, -0.25) is 0 Å². The lowest BCUT2D eigenvalue weighted by atomic mass is 9.95. The van der Waals surface area contributed by atoms with Crippen LogP contribution in [0.15, 0.2) is 87.8 Å². The van der Waals surface area contributed by atoms with Crippen LogP contribution in [-0.4, -0.2) is 4.98 Å². The fourth-order valence-corrected chi connectivity index (χ4v) is 4.61. The predicted octanol–water partition coefficient (Wildman–Crippen LogP) is 8.03. The molecule has 0 unspecified atom stereocenters. The fourth-order valence-electron chi connectivity index (χ4n) is 4.34. The molecule has 0 aliphatic heterocycles. The van der Waals surface area contributed by atoms with E-state index in [1.807, 2.05) is 18.2 Å². The van der Waals surface area contributed by atoms with Crippen LogP contribution in [-0.2, 0) is 0 Å².